The summed E-state index contributed by atoms with van der Waals surface area (Å²) in [6.45, 7) is 3.61. The molecule has 1 aliphatic rings. The molecule has 2 rings (SSSR count). The second-order valence-corrected chi connectivity index (χ2v) is 6.29. The van der Waals surface area contributed by atoms with Crippen molar-refractivity contribution in [1.29, 1.82) is 0 Å². The molecule has 0 aromatic carbocycles. The van der Waals surface area contributed by atoms with E-state index in [1.165, 1.54) is 16.3 Å². The number of cyclic esters (lactones) is 1. The summed E-state index contributed by atoms with van der Waals surface area (Å²) in [4.78, 5) is 36.9. The van der Waals surface area contributed by atoms with Gasteiger partial charge in [0.25, 0.3) is 5.91 Å². The Morgan fingerprint density at radius 1 is 1.50 bits per heavy atom. The lowest BCUT2D eigenvalue weighted by atomic mass is 10.0. The highest BCUT2D eigenvalue weighted by Crippen LogP contribution is 2.29. The molecule has 1 fully saturated rings. The summed E-state index contributed by atoms with van der Waals surface area (Å²) in [5, 5.41) is 1.53. The van der Waals surface area contributed by atoms with Gasteiger partial charge in [-0.2, -0.15) is 0 Å². The third-order valence-corrected chi connectivity index (χ3v) is 4.13. The Kier molecular flexibility index (Phi) is 3.56. The van der Waals surface area contributed by atoms with Crippen LogP contribution >= 0.6 is 11.3 Å². The Labute approximate surface area is 120 Å². The van der Waals surface area contributed by atoms with E-state index in [-0.39, 0.29) is 5.91 Å². The van der Waals surface area contributed by atoms with Crippen molar-refractivity contribution in [2.75, 3.05) is 7.05 Å². The maximum absolute atomic E-state index is 12.3. The highest BCUT2D eigenvalue weighted by molar-refractivity contribution is 7.12. The van der Waals surface area contributed by atoms with Crippen molar-refractivity contribution in [2.45, 2.75) is 31.9 Å². The van der Waals surface area contributed by atoms with Gasteiger partial charge in [-0.05, 0) is 19.9 Å². The van der Waals surface area contributed by atoms with E-state index >= 15 is 0 Å². The molecule has 1 saturated heterocycles. The van der Waals surface area contributed by atoms with Gasteiger partial charge in [0.05, 0.1) is 10.4 Å². The number of amides is 2. The molecule has 1 aromatic heterocycles. The van der Waals surface area contributed by atoms with Crippen LogP contribution in [0.1, 0.15) is 40.3 Å². The summed E-state index contributed by atoms with van der Waals surface area (Å²) in [7, 11) is 1.55. The maximum Gasteiger partial charge on any atom is 0.329 e. The number of ether oxygens (including phenoxy) is 1. The topological polar surface area (TPSA) is 89.7 Å². The summed E-state index contributed by atoms with van der Waals surface area (Å²) < 4.78 is 5.21. The monoisotopic (exact) mass is 296 g/mol. The molecule has 1 aliphatic heterocycles. The summed E-state index contributed by atoms with van der Waals surface area (Å²) >= 11 is 1.13. The Morgan fingerprint density at radius 2 is 2.15 bits per heavy atom. The molecule has 0 unspecified atom stereocenters. The Hall–Kier alpha value is -1.89. The standard InChI is InChI=1S/C13H16N2O4S/c1-13(2)5-8(12(18)19-13)15(3)11(17)9-4-7(6-20-9)10(14)16/h4,6,8H,5H2,1-3H3,(H2,14,16)/t8-/m0/s1. The van der Waals surface area contributed by atoms with Gasteiger partial charge in [-0.1, -0.05) is 0 Å². The molecular formula is C13H16N2O4S. The lowest BCUT2D eigenvalue weighted by Crippen LogP contribution is -2.39. The predicted molar refractivity (Wildman–Crippen MR) is 73.5 cm³/mol. The first-order valence-electron chi connectivity index (χ1n) is 6.09. The molecule has 2 N–H and O–H groups in total. The van der Waals surface area contributed by atoms with Crippen LogP contribution in [0.2, 0.25) is 0 Å². The van der Waals surface area contributed by atoms with E-state index < -0.39 is 23.5 Å². The van der Waals surface area contributed by atoms with E-state index in [4.69, 9.17) is 10.5 Å². The molecule has 0 spiro atoms. The summed E-state index contributed by atoms with van der Waals surface area (Å²) in [6.07, 6.45) is 0.447. The number of likely N-dealkylation sites (N-methyl/N-ethyl adjacent to an activating group) is 1. The molecule has 2 heterocycles. The number of thiophene rings is 1. The van der Waals surface area contributed by atoms with Gasteiger partial charge in [-0.25, -0.2) is 4.79 Å². The number of carbonyl (C=O) groups is 3. The van der Waals surface area contributed by atoms with E-state index in [1.54, 1.807) is 20.9 Å². The minimum atomic E-state index is -0.600. The van der Waals surface area contributed by atoms with Gasteiger partial charge in [-0.3, -0.25) is 9.59 Å². The molecule has 2 amide bonds. The highest BCUT2D eigenvalue weighted by atomic mass is 32.1. The van der Waals surface area contributed by atoms with Crippen LogP contribution in [0.4, 0.5) is 0 Å². The number of hydrogen-bond donors (Lipinski definition) is 1. The molecule has 108 valence electrons. The van der Waals surface area contributed by atoms with Crippen LogP contribution in [0.3, 0.4) is 0 Å². The fourth-order valence-electron chi connectivity index (χ4n) is 2.12. The number of hydrogen-bond acceptors (Lipinski definition) is 5. The van der Waals surface area contributed by atoms with Gasteiger partial charge in [0.15, 0.2) is 0 Å². The van der Waals surface area contributed by atoms with Crippen LogP contribution in [-0.4, -0.2) is 41.4 Å². The SMILES string of the molecule is CN(C(=O)c1cc(C(N)=O)cs1)[C@H]1CC(C)(C)OC1=O. The van der Waals surface area contributed by atoms with Crippen LogP contribution in [0.15, 0.2) is 11.4 Å². The normalized spacial score (nSPS) is 20.6. The molecule has 6 nitrogen and oxygen atoms in total. The molecule has 1 aromatic rings. The van der Waals surface area contributed by atoms with Gasteiger partial charge in [0.2, 0.25) is 5.91 Å². The Balaban J connectivity index is 2.16. The molecule has 7 heteroatoms. The van der Waals surface area contributed by atoms with Crippen molar-refractivity contribution in [3.05, 3.63) is 21.9 Å². The van der Waals surface area contributed by atoms with Crippen LogP contribution in [0.25, 0.3) is 0 Å². The third kappa shape index (κ3) is 2.67. The van der Waals surface area contributed by atoms with Crippen molar-refractivity contribution >= 4 is 29.1 Å². The number of nitrogens with zero attached hydrogens (tertiary/aromatic N) is 1. The molecule has 0 aliphatic carbocycles. The first-order chi connectivity index (χ1) is 9.21. The summed E-state index contributed by atoms with van der Waals surface area (Å²) in [5.74, 6) is -1.30. The number of nitrogens with two attached hydrogens (primary N) is 1. The zero-order chi connectivity index (χ0) is 15.1. The quantitative estimate of drug-likeness (QED) is 0.843. The second kappa shape index (κ2) is 4.90. The summed E-state index contributed by atoms with van der Waals surface area (Å²) in [5.41, 5.74) is 4.88. The highest BCUT2D eigenvalue weighted by Gasteiger charge is 2.43. The van der Waals surface area contributed by atoms with Gasteiger partial charge in [-0.15, -0.1) is 11.3 Å². The van der Waals surface area contributed by atoms with Crippen molar-refractivity contribution in [3.63, 3.8) is 0 Å². The molecule has 0 radical (unpaired) electrons. The molecular weight excluding hydrogens is 280 g/mol. The predicted octanol–water partition coefficient (Wildman–Crippen LogP) is 1.01. The lowest BCUT2D eigenvalue weighted by Gasteiger charge is -2.21. The molecule has 20 heavy (non-hydrogen) atoms. The van der Waals surface area contributed by atoms with Crippen LogP contribution in [0.5, 0.6) is 0 Å². The average Bonchev–Trinajstić information content (AvgIpc) is 2.92. The number of rotatable bonds is 3. The van der Waals surface area contributed by atoms with Crippen molar-refractivity contribution in [3.8, 4) is 0 Å². The zero-order valence-electron chi connectivity index (χ0n) is 11.5. The largest absolute Gasteiger partial charge is 0.458 e. The lowest BCUT2D eigenvalue weighted by molar-refractivity contribution is -0.148. The van der Waals surface area contributed by atoms with E-state index in [1.807, 2.05) is 0 Å². The minimum absolute atomic E-state index is 0.293. The number of esters is 1. The van der Waals surface area contributed by atoms with Gasteiger partial charge in [0.1, 0.15) is 11.6 Å². The fourth-order valence-corrected chi connectivity index (χ4v) is 3.00. The van der Waals surface area contributed by atoms with Crippen LogP contribution < -0.4 is 5.73 Å². The average molecular weight is 296 g/mol. The van der Waals surface area contributed by atoms with Crippen molar-refractivity contribution in [1.82, 2.24) is 4.90 Å². The zero-order valence-corrected chi connectivity index (χ0v) is 12.3. The first-order valence-corrected chi connectivity index (χ1v) is 6.97. The van der Waals surface area contributed by atoms with E-state index in [0.717, 1.165) is 11.3 Å². The molecule has 1 atom stereocenters. The van der Waals surface area contributed by atoms with E-state index in [9.17, 15) is 14.4 Å². The molecule has 0 saturated carbocycles. The minimum Gasteiger partial charge on any atom is -0.458 e. The summed E-state index contributed by atoms with van der Waals surface area (Å²) in [6, 6.07) is 0.841. The first kappa shape index (κ1) is 14.5. The second-order valence-electron chi connectivity index (χ2n) is 5.38. The van der Waals surface area contributed by atoms with Gasteiger partial charge < -0.3 is 15.4 Å². The smallest absolute Gasteiger partial charge is 0.329 e. The van der Waals surface area contributed by atoms with Gasteiger partial charge >= 0.3 is 5.97 Å². The van der Waals surface area contributed by atoms with Crippen molar-refractivity contribution < 1.29 is 19.1 Å². The maximum atomic E-state index is 12.3. The number of carbonyl (C=O) groups excluding carboxylic acids is 3. The van der Waals surface area contributed by atoms with Crippen LogP contribution in [0, 0.1) is 0 Å². The number of primary amides is 1. The van der Waals surface area contributed by atoms with E-state index in [0.29, 0.717) is 16.9 Å². The van der Waals surface area contributed by atoms with E-state index in [2.05, 4.69) is 0 Å². The van der Waals surface area contributed by atoms with Gasteiger partial charge in [0, 0.05) is 18.8 Å². The Bertz CT molecular complexity index is 579. The Morgan fingerprint density at radius 3 is 2.60 bits per heavy atom. The molecule has 0 bridgehead atoms. The van der Waals surface area contributed by atoms with Crippen LogP contribution in [-0.2, 0) is 9.53 Å². The fraction of sp³-hybridized carbons (Fsp3) is 0.462. The third-order valence-electron chi connectivity index (χ3n) is 3.22. The van der Waals surface area contributed by atoms with Crippen molar-refractivity contribution in [2.24, 2.45) is 5.73 Å².